The van der Waals surface area contributed by atoms with Crippen LogP contribution in [0.25, 0.3) is 22.3 Å². The molecule has 0 bridgehead atoms. The van der Waals surface area contributed by atoms with Crippen LogP contribution in [0.1, 0.15) is 108 Å². The Kier molecular flexibility index (Phi) is 10.7. The third-order valence-electron chi connectivity index (χ3n) is 17.9. The zero-order chi connectivity index (χ0) is 51.8. The van der Waals surface area contributed by atoms with Crippen molar-refractivity contribution in [2.24, 2.45) is 0 Å². The Morgan fingerprint density at radius 1 is 0.347 bits per heavy atom. The Bertz CT molecular complexity index is 3680. The van der Waals surface area contributed by atoms with Gasteiger partial charge in [0, 0.05) is 45.5 Å². The van der Waals surface area contributed by atoms with Crippen molar-refractivity contribution in [2.75, 3.05) is 14.7 Å². The van der Waals surface area contributed by atoms with Gasteiger partial charge in [-0.3, -0.25) is 0 Å². The van der Waals surface area contributed by atoms with Gasteiger partial charge in [0.1, 0.15) is 0 Å². The number of anilines is 9. The predicted molar refractivity (Wildman–Crippen MR) is 321 cm³/mol. The summed E-state index contributed by atoms with van der Waals surface area (Å²) in [5.74, 6) is 0. The van der Waals surface area contributed by atoms with Crippen LogP contribution >= 0.6 is 0 Å². The molecule has 0 aromatic heterocycles. The zero-order valence-electron chi connectivity index (χ0n) is 45.5. The van der Waals surface area contributed by atoms with Crippen LogP contribution in [0.4, 0.5) is 51.2 Å². The van der Waals surface area contributed by atoms with Crippen molar-refractivity contribution < 1.29 is 0 Å². The molecule has 9 aromatic carbocycles. The van der Waals surface area contributed by atoms with Gasteiger partial charge < -0.3 is 14.7 Å². The first kappa shape index (κ1) is 47.2. The summed E-state index contributed by atoms with van der Waals surface area (Å²) in [5.41, 5.74) is 28.1. The number of nitrogens with zero attached hydrogens (tertiary/aromatic N) is 3. The molecule has 0 N–H and O–H groups in total. The second-order valence-corrected chi connectivity index (χ2v) is 24.9. The van der Waals surface area contributed by atoms with Crippen LogP contribution in [0.2, 0.25) is 0 Å². The number of fused-ring (bicyclic) bond motifs is 6. The van der Waals surface area contributed by atoms with Crippen molar-refractivity contribution in [3.05, 3.63) is 228 Å². The van der Waals surface area contributed by atoms with Crippen LogP contribution in [-0.4, -0.2) is 6.71 Å². The maximum absolute atomic E-state index is 2.73. The lowest BCUT2D eigenvalue weighted by molar-refractivity contribution is 0.332. The fraction of sp³-hybridized carbons (Fsp3) is 0.239. The normalized spacial score (nSPS) is 16.9. The minimum absolute atomic E-state index is 0.000716. The Labute approximate surface area is 446 Å². The van der Waals surface area contributed by atoms with Gasteiger partial charge in [-0.15, -0.1) is 0 Å². The van der Waals surface area contributed by atoms with Gasteiger partial charge in [0.2, 0.25) is 0 Å². The highest BCUT2D eigenvalue weighted by atomic mass is 15.2. The average molecular weight is 974 g/mol. The summed E-state index contributed by atoms with van der Waals surface area (Å²) in [5, 5.41) is 0. The molecule has 2 heterocycles. The van der Waals surface area contributed by atoms with Gasteiger partial charge in [0.25, 0.3) is 6.71 Å². The monoisotopic (exact) mass is 974 g/mol. The maximum Gasteiger partial charge on any atom is 0.252 e. The molecule has 0 radical (unpaired) electrons. The van der Waals surface area contributed by atoms with Crippen molar-refractivity contribution in [1.82, 2.24) is 0 Å². The molecule has 3 nitrogen and oxygen atoms in total. The van der Waals surface area contributed by atoms with Crippen molar-refractivity contribution in [3.63, 3.8) is 0 Å². The lowest BCUT2D eigenvalue weighted by Crippen LogP contribution is -2.61. The van der Waals surface area contributed by atoms with Gasteiger partial charge in [0.05, 0.1) is 5.69 Å². The molecule has 0 amide bonds. The van der Waals surface area contributed by atoms with Crippen LogP contribution in [0.5, 0.6) is 0 Å². The Balaban J connectivity index is 1.20. The van der Waals surface area contributed by atoms with Crippen LogP contribution in [0.3, 0.4) is 0 Å². The smallest absolute Gasteiger partial charge is 0.252 e. The molecule has 0 atom stereocenters. The standard InChI is InChI=1S/C71H68BN3/c1-46-31-32-51(49-25-17-12-18-26-49)39-62(46)74-61-34-33-50(48-23-15-11-16-24-48)38-59(61)72-60-42-56-58(71(9,10)45-70(56,7)8)44-64(60)75(63-43-57-55(37-47(63)2)68(3,4)35-36-69(57,5)6)66-41-54(40-65(74)67(66)72)73(52-27-19-13-20-28-52)53-29-21-14-22-30-53/h11-34,37-44H,35-36,45H2,1-10H3. The largest absolute Gasteiger partial charge is 0.311 e. The van der Waals surface area contributed by atoms with E-state index in [1.807, 2.05) is 0 Å². The summed E-state index contributed by atoms with van der Waals surface area (Å²) in [7, 11) is 0. The van der Waals surface area contributed by atoms with Crippen molar-refractivity contribution in [3.8, 4) is 22.3 Å². The molecule has 0 saturated carbocycles. The van der Waals surface area contributed by atoms with Gasteiger partial charge in [-0.25, -0.2) is 0 Å². The molecule has 0 spiro atoms. The average Bonchev–Trinajstić information content (AvgIpc) is 3.64. The molecule has 75 heavy (non-hydrogen) atoms. The highest BCUT2D eigenvalue weighted by molar-refractivity contribution is 7.00. The van der Waals surface area contributed by atoms with Gasteiger partial charge in [-0.05, 0) is 187 Å². The quantitative estimate of drug-likeness (QED) is 0.147. The molecule has 13 rings (SSSR count). The minimum atomic E-state index is -0.0668. The summed E-state index contributed by atoms with van der Waals surface area (Å²) < 4.78 is 0. The lowest BCUT2D eigenvalue weighted by Gasteiger charge is -2.47. The topological polar surface area (TPSA) is 9.72 Å². The van der Waals surface area contributed by atoms with Crippen molar-refractivity contribution in [2.45, 2.75) is 110 Å². The number of benzene rings is 9. The Morgan fingerprint density at radius 3 is 1.36 bits per heavy atom. The number of hydrogen-bond donors (Lipinski definition) is 0. The highest BCUT2D eigenvalue weighted by Crippen LogP contribution is 2.56. The fourth-order valence-electron chi connectivity index (χ4n) is 14.1. The summed E-state index contributed by atoms with van der Waals surface area (Å²) in [6, 6.07) is 73.8. The molecule has 0 unspecified atom stereocenters. The summed E-state index contributed by atoms with van der Waals surface area (Å²) in [6.45, 7) is 24.4. The van der Waals surface area contributed by atoms with E-state index >= 15 is 0 Å². The highest BCUT2D eigenvalue weighted by Gasteiger charge is 2.49. The fourth-order valence-corrected chi connectivity index (χ4v) is 14.1. The van der Waals surface area contributed by atoms with E-state index in [0.717, 1.165) is 29.9 Å². The van der Waals surface area contributed by atoms with Crippen LogP contribution < -0.4 is 31.1 Å². The van der Waals surface area contributed by atoms with E-state index in [1.54, 1.807) is 0 Å². The first-order valence-corrected chi connectivity index (χ1v) is 27.4. The molecule has 4 aliphatic rings. The van der Waals surface area contributed by atoms with E-state index in [9.17, 15) is 0 Å². The molecular formula is C71H68BN3. The first-order chi connectivity index (χ1) is 36.0. The van der Waals surface area contributed by atoms with E-state index in [1.165, 1.54) is 113 Å². The van der Waals surface area contributed by atoms with Crippen molar-refractivity contribution >= 4 is 74.3 Å². The summed E-state index contributed by atoms with van der Waals surface area (Å²) in [4.78, 5) is 7.83. The number of para-hydroxylation sites is 2. The zero-order valence-corrected chi connectivity index (χ0v) is 45.5. The molecule has 4 heteroatoms. The minimum Gasteiger partial charge on any atom is -0.311 e. The Morgan fingerprint density at radius 2 is 0.787 bits per heavy atom. The molecule has 370 valence electrons. The van der Waals surface area contributed by atoms with Crippen LogP contribution in [0.15, 0.2) is 194 Å². The number of rotatable bonds is 7. The SMILES string of the molecule is Cc1ccc(-c2ccccc2)cc1N1c2ccc(-c3ccccc3)cc2B2c3cc4c(cc3N(c3cc5c(cc3C)C(C)(C)CCC5(C)C)c3cc(N(c5ccccc5)c5ccccc5)cc1c32)C(C)(C)CC4(C)C. The number of hydrogen-bond acceptors (Lipinski definition) is 3. The van der Waals surface area contributed by atoms with E-state index in [2.05, 4.69) is 278 Å². The van der Waals surface area contributed by atoms with E-state index in [-0.39, 0.29) is 28.4 Å². The molecule has 2 aliphatic carbocycles. The molecule has 0 fully saturated rings. The van der Waals surface area contributed by atoms with E-state index < -0.39 is 0 Å². The first-order valence-electron chi connectivity index (χ1n) is 27.4. The van der Waals surface area contributed by atoms with E-state index in [4.69, 9.17) is 0 Å². The van der Waals surface area contributed by atoms with Crippen LogP contribution in [0, 0.1) is 13.8 Å². The molecule has 0 saturated heterocycles. The molecule has 9 aromatic rings. The van der Waals surface area contributed by atoms with Gasteiger partial charge in [0.15, 0.2) is 0 Å². The van der Waals surface area contributed by atoms with E-state index in [0.29, 0.717) is 0 Å². The maximum atomic E-state index is 2.73. The van der Waals surface area contributed by atoms with Crippen LogP contribution in [-0.2, 0) is 21.7 Å². The molecular weight excluding hydrogens is 906 g/mol. The third kappa shape index (κ3) is 7.53. The second kappa shape index (κ2) is 17.0. The third-order valence-corrected chi connectivity index (χ3v) is 17.9. The summed E-state index contributed by atoms with van der Waals surface area (Å²) in [6.07, 6.45) is 3.41. The number of aryl methyl sites for hydroxylation is 2. The van der Waals surface area contributed by atoms with Gasteiger partial charge >= 0.3 is 0 Å². The van der Waals surface area contributed by atoms with Crippen molar-refractivity contribution in [1.29, 1.82) is 0 Å². The predicted octanol–water partition coefficient (Wildman–Crippen LogP) is 17.5. The van der Waals surface area contributed by atoms with Gasteiger partial charge in [-0.1, -0.05) is 189 Å². The Hall–Kier alpha value is -7.56. The summed E-state index contributed by atoms with van der Waals surface area (Å²) >= 11 is 0. The molecule has 2 aliphatic heterocycles. The lowest BCUT2D eigenvalue weighted by atomic mass is 9.33. The van der Waals surface area contributed by atoms with Gasteiger partial charge in [-0.2, -0.15) is 0 Å². The second-order valence-electron chi connectivity index (χ2n) is 24.9.